The van der Waals surface area contributed by atoms with Crippen LogP contribution in [0.1, 0.15) is 56.7 Å². The molecule has 5 rings (SSSR count). The van der Waals surface area contributed by atoms with E-state index in [0.717, 1.165) is 38.1 Å². The lowest BCUT2D eigenvalue weighted by Gasteiger charge is -2.32. The second-order valence-electron chi connectivity index (χ2n) is 18.8. The van der Waals surface area contributed by atoms with E-state index in [2.05, 4.69) is 54.8 Å². The number of fused-ring (bicyclic) bond motifs is 1. The molecular weight excluding hydrogens is 1010 g/mol. The van der Waals surface area contributed by atoms with Gasteiger partial charge in [0.1, 0.15) is 42.2 Å². The molecule has 1 aliphatic rings. The lowest BCUT2D eigenvalue weighted by molar-refractivity contribution is -0.136. The molecular formula is C50H69N11O10S3. The van der Waals surface area contributed by atoms with Gasteiger partial charge in [0.25, 0.3) is 0 Å². The number of unbranched alkanes of at least 4 members (excludes halogenated alkanes) is 1. The summed E-state index contributed by atoms with van der Waals surface area (Å²) >= 11 is 4.44. The Balaban J connectivity index is 1.59. The van der Waals surface area contributed by atoms with Gasteiger partial charge < -0.3 is 69.4 Å². The lowest BCUT2D eigenvalue weighted by Crippen LogP contribution is -2.63. The highest BCUT2D eigenvalue weighted by Gasteiger charge is 2.38. The summed E-state index contributed by atoms with van der Waals surface area (Å²) in [5, 5.41) is 53.1. The number of carbonyl (C=O) groups excluding carboxylic acids is 7. The number of aliphatic hydroxyl groups excluding tert-OH is 2. The van der Waals surface area contributed by atoms with Crippen molar-refractivity contribution in [2.75, 3.05) is 18.1 Å². The number of primary amides is 1. The summed E-state index contributed by atoms with van der Waals surface area (Å²) in [7, 11) is 2.03. The molecule has 402 valence electrons. The maximum absolute atomic E-state index is 14.7. The number of hydrogen-bond acceptors (Lipinski definition) is 16. The quantitative estimate of drug-likeness (QED) is 0.0361. The van der Waals surface area contributed by atoms with E-state index in [4.69, 9.17) is 17.2 Å². The van der Waals surface area contributed by atoms with Crippen molar-refractivity contribution in [1.29, 1.82) is 0 Å². The average molecular weight is 1080 g/mol. The van der Waals surface area contributed by atoms with Gasteiger partial charge in [-0.25, -0.2) is 0 Å². The van der Waals surface area contributed by atoms with Crippen LogP contribution in [0, 0.1) is 0 Å². The Kier molecular flexibility index (Phi) is 22.5. The van der Waals surface area contributed by atoms with Gasteiger partial charge in [-0.3, -0.25) is 38.9 Å². The molecule has 21 nitrogen and oxygen atoms in total. The van der Waals surface area contributed by atoms with Crippen molar-refractivity contribution >= 4 is 86.5 Å². The normalized spacial score (nSPS) is 23.2. The number of amides is 7. The van der Waals surface area contributed by atoms with E-state index < -0.39 is 107 Å². The van der Waals surface area contributed by atoms with Crippen molar-refractivity contribution in [3.8, 4) is 5.75 Å². The number of benzene rings is 3. The van der Waals surface area contributed by atoms with Crippen molar-refractivity contribution in [1.82, 2.24) is 42.2 Å². The highest BCUT2D eigenvalue weighted by molar-refractivity contribution is 8.76. The van der Waals surface area contributed by atoms with Crippen molar-refractivity contribution in [3.63, 3.8) is 0 Å². The van der Waals surface area contributed by atoms with Gasteiger partial charge in [0.15, 0.2) is 0 Å². The van der Waals surface area contributed by atoms with Crippen LogP contribution in [0.15, 0.2) is 85.1 Å². The van der Waals surface area contributed by atoms with Gasteiger partial charge in [0, 0.05) is 33.4 Å². The maximum atomic E-state index is 14.7. The summed E-state index contributed by atoms with van der Waals surface area (Å²) < 4.78 is -1.17. The number of aromatic nitrogens is 1. The van der Waals surface area contributed by atoms with Crippen LogP contribution in [-0.4, -0.2) is 145 Å². The SMILES string of the molecule is C[C@@H](O)[C@@H]1NC(=O)[C@H](CCCCN)NC(=O)[C@@H](Cc2c[nH]c3ccccc23)NC(O)[C@H](Cc2ccc(O)cc2)NC(=O)[C@@H](NC(=O)[C@H](N)Cc2ccccc2)CSSC[C@@H](C(=O)N[C@H](C(N)=O)C(C)(C)S)NC1=O. The third kappa shape index (κ3) is 17.6. The molecule has 0 spiro atoms. The minimum absolute atomic E-state index is 0.0276. The molecule has 17 N–H and O–H groups in total. The first kappa shape index (κ1) is 59.0. The van der Waals surface area contributed by atoms with Crippen molar-refractivity contribution < 1.29 is 48.9 Å². The predicted octanol–water partition coefficient (Wildman–Crippen LogP) is -0.487. The molecule has 1 aliphatic heterocycles. The van der Waals surface area contributed by atoms with Gasteiger partial charge >= 0.3 is 0 Å². The van der Waals surface area contributed by atoms with E-state index in [1.54, 1.807) is 56.4 Å². The Morgan fingerprint density at radius 1 is 0.824 bits per heavy atom. The van der Waals surface area contributed by atoms with E-state index in [1.807, 2.05) is 30.3 Å². The Morgan fingerprint density at radius 3 is 2.15 bits per heavy atom. The number of hydrogen-bond donors (Lipinski definition) is 15. The second kappa shape index (κ2) is 28.2. The number of para-hydroxylation sites is 1. The van der Waals surface area contributed by atoms with Gasteiger partial charge in [-0.05, 0) is 101 Å². The molecule has 2 heterocycles. The molecule has 0 bridgehead atoms. The zero-order chi connectivity index (χ0) is 54.1. The number of thiol groups is 1. The second-order valence-corrected chi connectivity index (χ2v) is 22.5. The summed E-state index contributed by atoms with van der Waals surface area (Å²) in [6.07, 6.45) is -0.699. The van der Waals surface area contributed by atoms with Crippen LogP contribution < -0.4 is 54.4 Å². The van der Waals surface area contributed by atoms with E-state index >= 15 is 0 Å². The third-order valence-electron chi connectivity index (χ3n) is 12.3. The highest BCUT2D eigenvalue weighted by atomic mass is 33.1. The topological polar surface area (TPSA) is 358 Å². The largest absolute Gasteiger partial charge is 0.508 e. The number of aromatic hydroxyl groups is 1. The Morgan fingerprint density at radius 2 is 1.49 bits per heavy atom. The van der Waals surface area contributed by atoms with Crippen LogP contribution in [-0.2, 0) is 52.8 Å². The molecule has 74 heavy (non-hydrogen) atoms. The summed E-state index contributed by atoms with van der Waals surface area (Å²) in [5.74, 6) is -6.31. The molecule has 0 radical (unpaired) electrons. The molecule has 1 saturated heterocycles. The van der Waals surface area contributed by atoms with Crippen LogP contribution in [0.3, 0.4) is 0 Å². The van der Waals surface area contributed by atoms with Gasteiger partial charge in [-0.1, -0.05) is 82.3 Å². The lowest BCUT2D eigenvalue weighted by atomic mass is 10.00. The minimum Gasteiger partial charge on any atom is -0.508 e. The summed E-state index contributed by atoms with van der Waals surface area (Å²) in [4.78, 5) is 101. The number of aromatic amines is 1. The number of phenols is 1. The van der Waals surface area contributed by atoms with E-state index in [9.17, 15) is 48.9 Å². The third-order valence-corrected chi connectivity index (χ3v) is 14.9. The summed E-state index contributed by atoms with van der Waals surface area (Å²) in [6, 6.07) is 11.6. The Bertz CT molecular complexity index is 2530. The standard InChI is InChI=1S/C50H69N11O10S3/c1-27(62)40-49(71)59-39(48(70)61-41(42(53)64)50(2,3)72)26-74-73-25-38(58-43(65)33(52)21-28-11-5-4-6-12-28)47(69)56-36(22-29-16-18-31(63)19-17-29)45(67)57-37(23-30-24-54-34-14-8-7-13-32(30)34)46(68)55-35(44(66)60-40)15-9-10-20-51/h4-8,11-14,16-19,24,27,33,35-41,45,54,57,62-63,67,72H,9-10,15,20-23,25-26,51-52H2,1-3H3,(H2,53,64)(H,55,68)(H,56,69)(H,58,65)(H,59,71)(H,60,66)(H,61,70)/t27-,33-,35+,36+,37-,38+,39+,40+,41-,45?/m1/s1. The Hall–Kier alpha value is -5.86. The molecule has 0 saturated carbocycles. The fraction of sp³-hybridized carbons (Fsp3) is 0.460. The van der Waals surface area contributed by atoms with Crippen LogP contribution in [0.4, 0.5) is 0 Å². The Labute approximate surface area is 443 Å². The molecule has 24 heteroatoms. The molecule has 1 unspecified atom stereocenters. The number of nitrogens with two attached hydrogens (primary N) is 3. The highest BCUT2D eigenvalue weighted by Crippen LogP contribution is 2.25. The number of H-pyrrole nitrogens is 1. The summed E-state index contributed by atoms with van der Waals surface area (Å²) in [6.45, 7) is 4.60. The first-order valence-electron chi connectivity index (χ1n) is 24.2. The molecule has 1 fully saturated rings. The number of aliphatic hydroxyl groups is 2. The van der Waals surface area contributed by atoms with Crippen LogP contribution >= 0.6 is 34.2 Å². The first-order valence-corrected chi connectivity index (χ1v) is 27.1. The fourth-order valence-corrected chi connectivity index (χ4v) is 10.6. The molecule has 3 aromatic carbocycles. The maximum Gasteiger partial charge on any atom is 0.245 e. The zero-order valence-electron chi connectivity index (χ0n) is 41.4. The van der Waals surface area contributed by atoms with Crippen LogP contribution in [0.5, 0.6) is 5.75 Å². The zero-order valence-corrected chi connectivity index (χ0v) is 43.9. The van der Waals surface area contributed by atoms with Crippen LogP contribution in [0.2, 0.25) is 0 Å². The molecule has 7 amide bonds. The first-order chi connectivity index (χ1) is 35.1. The van der Waals surface area contributed by atoms with Gasteiger partial charge in [0.2, 0.25) is 41.4 Å². The van der Waals surface area contributed by atoms with Crippen molar-refractivity contribution in [2.24, 2.45) is 17.2 Å². The van der Waals surface area contributed by atoms with Gasteiger partial charge in [-0.15, -0.1) is 0 Å². The predicted molar refractivity (Wildman–Crippen MR) is 288 cm³/mol. The molecule has 1 aromatic heterocycles. The molecule has 0 aliphatic carbocycles. The number of nitrogens with one attached hydrogen (secondary N) is 8. The monoisotopic (exact) mass is 1080 g/mol. The number of rotatable bonds is 17. The van der Waals surface area contributed by atoms with Gasteiger partial charge in [0.05, 0.1) is 24.2 Å². The summed E-state index contributed by atoms with van der Waals surface area (Å²) in [5.41, 5.74) is 20.6. The molecule has 4 aromatic rings. The van der Waals surface area contributed by atoms with E-state index in [-0.39, 0.29) is 49.5 Å². The van der Waals surface area contributed by atoms with E-state index in [0.29, 0.717) is 24.0 Å². The van der Waals surface area contributed by atoms with Gasteiger partial charge in [-0.2, -0.15) is 12.6 Å². The van der Waals surface area contributed by atoms with Crippen molar-refractivity contribution in [2.45, 2.75) is 125 Å². The van der Waals surface area contributed by atoms with Crippen molar-refractivity contribution in [3.05, 3.63) is 102 Å². The van der Waals surface area contributed by atoms with E-state index in [1.165, 1.54) is 19.1 Å². The molecule has 10 atom stereocenters. The van der Waals surface area contributed by atoms with Crippen LogP contribution in [0.25, 0.3) is 10.9 Å². The smallest absolute Gasteiger partial charge is 0.245 e. The minimum atomic E-state index is -1.70. The number of carbonyl (C=O) groups is 7. The fourth-order valence-electron chi connectivity index (χ4n) is 8.11. The average Bonchev–Trinajstić information content (AvgIpc) is 3.76. The number of phenolic OH excluding ortho intramolecular Hbond substituents is 1.